The van der Waals surface area contributed by atoms with Gasteiger partial charge in [-0.05, 0) is 18.1 Å². The fraction of sp³-hybridized carbons (Fsp3) is 0.400. The highest BCUT2D eigenvalue weighted by atomic mass is 32.2. The van der Waals surface area contributed by atoms with Crippen LogP contribution in [0, 0.1) is 0 Å². The van der Waals surface area contributed by atoms with Gasteiger partial charge in [0.1, 0.15) is 18.5 Å². The van der Waals surface area contributed by atoms with Crippen LogP contribution in [0.1, 0.15) is 11.1 Å². The van der Waals surface area contributed by atoms with E-state index >= 15 is 0 Å². The number of hydrogen-bond acceptors (Lipinski definition) is 5. The molecule has 2 fully saturated rings. The Kier molecular flexibility index (Phi) is 4.40. The molecule has 25 heavy (non-hydrogen) atoms. The Morgan fingerprint density at radius 2 is 2.16 bits per heavy atom. The highest BCUT2D eigenvalue weighted by Gasteiger charge is 2.59. The van der Waals surface area contributed by atoms with Gasteiger partial charge in [-0.3, -0.25) is 4.79 Å². The third-order valence-corrected chi connectivity index (χ3v) is 5.51. The van der Waals surface area contributed by atoms with Crippen LogP contribution >= 0.6 is 11.8 Å². The number of rotatable bonds is 4. The average molecular weight is 374 g/mol. The summed E-state index contributed by atoms with van der Waals surface area (Å²) in [5.74, 6) is -1.73. The van der Waals surface area contributed by atoms with Crippen LogP contribution in [-0.2, 0) is 27.0 Å². The molecule has 1 amide bonds. The number of alkyl halides is 3. The Morgan fingerprint density at radius 3 is 2.76 bits per heavy atom. The van der Waals surface area contributed by atoms with Gasteiger partial charge < -0.3 is 14.8 Å². The summed E-state index contributed by atoms with van der Waals surface area (Å²) >= 11 is 1.19. The van der Waals surface area contributed by atoms with Crippen LogP contribution in [0.25, 0.3) is 0 Å². The van der Waals surface area contributed by atoms with E-state index < -0.39 is 40.3 Å². The van der Waals surface area contributed by atoms with Gasteiger partial charge in [0, 0.05) is 5.25 Å². The predicted molar refractivity (Wildman–Crippen MR) is 83.0 cm³/mol. The van der Waals surface area contributed by atoms with Crippen molar-refractivity contribution in [2.24, 2.45) is 5.16 Å². The number of carboxylic acids is 1. The SMILES string of the molecule is CO/N=C1\C(=O)N2C(C(=O)O)C(Cc3cccc(C(F)(F)F)c3)S[C@H]12. The number of carbonyl (C=O) groups is 2. The van der Waals surface area contributed by atoms with Crippen molar-refractivity contribution < 1.29 is 32.7 Å². The minimum Gasteiger partial charge on any atom is -0.480 e. The van der Waals surface area contributed by atoms with Gasteiger partial charge in [-0.15, -0.1) is 11.8 Å². The van der Waals surface area contributed by atoms with Crippen molar-refractivity contribution in [2.75, 3.05) is 7.11 Å². The fourth-order valence-electron chi connectivity index (χ4n) is 2.96. The molecule has 2 unspecified atom stereocenters. The van der Waals surface area contributed by atoms with Crippen molar-refractivity contribution in [1.29, 1.82) is 0 Å². The molecule has 1 N–H and O–H groups in total. The molecule has 1 aromatic rings. The summed E-state index contributed by atoms with van der Waals surface area (Å²) in [6.45, 7) is 0. The zero-order chi connectivity index (χ0) is 18.4. The summed E-state index contributed by atoms with van der Waals surface area (Å²) in [6.07, 6.45) is -4.38. The Hall–Kier alpha value is -2.23. The fourth-order valence-corrected chi connectivity index (χ4v) is 4.61. The van der Waals surface area contributed by atoms with Gasteiger partial charge >= 0.3 is 12.1 Å². The monoisotopic (exact) mass is 374 g/mol. The molecule has 6 nitrogen and oxygen atoms in total. The number of carbonyl (C=O) groups excluding carboxylic acids is 1. The number of carboxylic acid groups (broad SMARTS) is 1. The first-order valence-corrected chi connectivity index (χ1v) is 8.16. The van der Waals surface area contributed by atoms with Crippen molar-refractivity contribution in [3.63, 3.8) is 0 Å². The second kappa shape index (κ2) is 6.25. The van der Waals surface area contributed by atoms with Crippen LogP contribution in [0.5, 0.6) is 0 Å². The first-order chi connectivity index (χ1) is 11.7. The summed E-state index contributed by atoms with van der Waals surface area (Å²) in [6, 6.07) is 3.63. The summed E-state index contributed by atoms with van der Waals surface area (Å²) in [4.78, 5) is 29.4. The van der Waals surface area contributed by atoms with Crippen molar-refractivity contribution in [3.8, 4) is 0 Å². The number of aliphatic carboxylic acids is 1. The number of hydrogen-bond donors (Lipinski definition) is 1. The maximum absolute atomic E-state index is 12.8. The van der Waals surface area contributed by atoms with Crippen LogP contribution < -0.4 is 0 Å². The van der Waals surface area contributed by atoms with Crippen LogP contribution in [-0.4, -0.2) is 51.4 Å². The van der Waals surface area contributed by atoms with Crippen molar-refractivity contribution in [2.45, 2.75) is 29.3 Å². The second-order valence-corrected chi connectivity index (χ2v) is 6.91. The minimum absolute atomic E-state index is 0.0894. The third kappa shape index (κ3) is 3.06. The number of halogens is 3. The topological polar surface area (TPSA) is 79.2 Å². The van der Waals surface area contributed by atoms with E-state index in [9.17, 15) is 27.9 Å². The van der Waals surface area contributed by atoms with Gasteiger partial charge in [0.2, 0.25) is 0 Å². The van der Waals surface area contributed by atoms with E-state index in [-0.39, 0.29) is 12.1 Å². The summed E-state index contributed by atoms with van der Waals surface area (Å²) < 4.78 is 38.5. The number of thioether (sulfide) groups is 1. The average Bonchev–Trinajstić information content (AvgIpc) is 2.87. The normalized spacial score (nSPS) is 27.2. The second-order valence-electron chi connectivity index (χ2n) is 5.58. The molecule has 2 aliphatic rings. The van der Waals surface area contributed by atoms with Gasteiger partial charge in [-0.2, -0.15) is 13.2 Å². The predicted octanol–water partition coefficient (Wildman–Crippen LogP) is 1.99. The Bertz CT molecular complexity index is 753. The molecule has 0 radical (unpaired) electrons. The van der Waals surface area contributed by atoms with Crippen molar-refractivity contribution in [3.05, 3.63) is 35.4 Å². The molecule has 2 heterocycles. The molecular formula is C15H13F3N2O4S. The van der Waals surface area contributed by atoms with Gasteiger partial charge in [-0.1, -0.05) is 23.4 Å². The molecule has 1 aromatic carbocycles. The Labute approximate surface area is 144 Å². The maximum Gasteiger partial charge on any atom is 0.416 e. The minimum atomic E-state index is -4.47. The Morgan fingerprint density at radius 1 is 1.44 bits per heavy atom. The molecular weight excluding hydrogens is 361 g/mol. The first kappa shape index (κ1) is 17.6. The lowest BCUT2D eigenvalue weighted by atomic mass is 9.99. The van der Waals surface area contributed by atoms with Gasteiger partial charge in [0.15, 0.2) is 5.71 Å². The zero-order valence-electron chi connectivity index (χ0n) is 12.9. The van der Waals surface area contributed by atoms with E-state index in [0.29, 0.717) is 5.56 Å². The number of fused-ring (bicyclic) bond motifs is 1. The summed E-state index contributed by atoms with van der Waals surface area (Å²) in [7, 11) is 1.28. The molecule has 2 aliphatic heterocycles. The van der Waals surface area contributed by atoms with Gasteiger partial charge in [-0.25, -0.2) is 4.79 Å². The standard InChI is InChI=1S/C15H13F3N2O4S/c1-24-19-10-12(21)20-11(14(22)23)9(25-13(10)20)6-7-3-2-4-8(5-7)15(16,17)18/h2-5,9,11,13H,6H2,1H3,(H,22,23)/b19-10+/t9?,11?,13-/m1/s1. The van der Waals surface area contributed by atoms with Crippen LogP contribution in [0.15, 0.2) is 29.4 Å². The largest absolute Gasteiger partial charge is 0.480 e. The molecule has 10 heteroatoms. The summed E-state index contributed by atoms with van der Waals surface area (Å²) in [5, 5.41) is 11.9. The highest BCUT2D eigenvalue weighted by Crippen LogP contribution is 2.44. The van der Waals surface area contributed by atoms with Crippen LogP contribution in [0.2, 0.25) is 0 Å². The lowest BCUT2D eigenvalue weighted by Gasteiger charge is -2.36. The number of amides is 1. The number of β-lactam (4-membered cyclic amide) rings is 1. The van der Waals surface area contributed by atoms with E-state index in [1.807, 2.05) is 0 Å². The van der Waals surface area contributed by atoms with Gasteiger partial charge in [0.25, 0.3) is 5.91 Å². The van der Waals surface area contributed by atoms with Crippen molar-refractivity contribution in [1.82, 2.24) is 4.90 Å². The smallest absolute Gasteiger partial charge is 0.416 e. The lowest BCUT2D eigenvalue weighted by Crippen LogP contribution is -2.62. The van der Waals surface area contributed by atoms with E-state index in [1.165, 1.54) is 35.9 Å². The maximum atomic E-state index is 12.8. The van der Waals surface area contributed by atoms with Crippen LogP contribution in [0.4, 0.5) is 13.2 Å². The molecule has 134 valence electrons. The molecule has 0 saturated carbocycles. The number of benzene rings is 1. The van der Waals surface area contributed by atoms with E-state index in [0.717, 1.165) is 12.1 Å². The molecule has 3 atom stereocenters. The molecule has 0 aliphatic carbocycles. The first-order valence-electron chi connectivity index (χ1n) is 7.22. The molecule has 0 spiro atoms. The molecule has 2 saturated heterocycles. The molecule has 3 rings (SSSR count). The molecule has 0 bridgehead atoms. The third-order valence-electron chi connectivity index (χ3n) is 4.03. The van der Waals surface area contributed by atoms with E-state index in [2.05, 4.69) is 9.99 Å². The number of nitrogens with zero attached hydrogens (tertiary/aromatic N) is 2. The highest BCUT2D eigenvalue weighted by molar-refractivity contribution is 8.01. The van der Waals surface area contributed by atoms with E-state index in [4.69, 9.17) is 0 Å². The van der Waals surface area contributed by atoms with Crippen LogP contribution in [0.3, 0.4) is 0 Å². The van der Waals surface area contributed by atoms with E-state index in [1.54, 1.807) is 0 Å². The quantitative estimate of drug-likeness (QED) is 0.644. The lowest BCUT2D eigenvalue weighted by molar-refractivity contribution is -0.149. The zero-order valence-corrected chi connectivity index (χ0v) is 13.7. The molecule has 0 aromatic heterocycles. The van der Waals surface area contributed by atoms with Crippen molar-refractivity contribution >= 4 is 29.4 Å². The Balaban J connectivity index is 1.84. The van der Waals surface area contributed by atoms with Gasteiger partial charge in [0.05, 0.1) is 5.56 Å². The summed E-state index contributed by atoms with van der Waals surface area (Å²) in [5.41, 5.74) is -0.315. The number of oxime groups is 1.